The maximum absolute atomic E-state index is 11.4. The summed E-state index contributed by atoms with van der Waals surface area (Å²) >= 11 is 0. The molecule has 1 amide bonds. The smallest absolute Gasteiger partial charge is 0.370 e. The number of aliphatic hydroxyl groups excluding tert-OH is 3. The lowest BCUT2D eigenvalue weighted by Gasteiger charge is -2.39. The highest BCUT2D eigenvalue weighted by molar-refractivity contribution is 5.84. The number of carbonyl (C=O) groups excluding carboxylic acids is 1. The predicted octanol–water partition coefficient (Wildman–Crippen LogP) is -1.50. The molecule has 1 heterocycles. The van der Waals surface area contributed by atoms with Crippen molar-refractivity contribution in [1.29, 1.82) is 0 Å². The number of carboxylic acid groups (broad SMARTS) is 1. The van der Waals surface area contributed by atoms with Crippen LogP contribution in [0.1, 0.15) is 6.92 Å². The van der Waals surface area contributed by atoms with Crippen LogP contribution in [0.2, 0.25) is 0 Å². The Morgan fingerprint density at radius 1 is 1.52 bits per heavy atom. The highest BCUT2D eigenvalue weighted by Crippen LogP contribution is 2.27. The van der Waals surface area contributed by atoms with Crippen molar-refractivity contribution in [3.05, 3.63) is 22.3 Å². The summed E-state index contributed by atoms with van der Waals surface area (Å²) in [5.74, 6) is -3.21. The standard InChI is InChI=1S/C12H18N4O7/c1-5(18)15-9-6(3-14-16-13)2-8(12(21)22)23-11(9)10(20)7(19)4-17/h2,6-7,9-11,17,19-20H,3-4H2,1H3,(H,15,18)(H,21,22)/t6-,7-,9-,10-,11-/m1/s1. The molecule has 23 heavy (non-hydrogen) atoms. The SMILES string of the molecule is CC(=O)N[C@H]1[C@H]([C@H](O)[C@H](O)CO)OC(C(=O)O)=C[C@@H]1CN=[N+]=[N-]. The number of carbonyl (C=O) groups is 2. The van der Waals surface area contributed by atoms with E-state index in [0.717, 1.165) is 6.08 Å². The highest BCUT2D eigenvalue weighted by Gasteiger charge is 2.43. The fraction of sp³-hybridized carbons (Fsp3) is 0.667. The van der Waals surface area contributed by atoms with Crippen LogP contribution in [0.3, 0.4) is 0 Å². The molecule has 0 saturated heterocycles. The van der Waals surface area contributed by atoms with E-state index in [1.807, 2.05) is 0 Å². The Hall–Kier alpha value is -2.33. The zero-order valence-electron chi connectivity index (χ0n) is 12.2. The second kappa shape index (κ2) is 8.34. The molecule has 11 heteroatoms. The van der Waals surface area contributed by atoms with Crippen LogP contribution in [0, 0.1) is 5.92 Å². The lowest BCUT2D eigenvalue weighted by molar-refractivity contribution is -0.147. The average molecular weight is 330 g/mol. The van der Waals surface area contributed by atoms with Gasteiger partial charge in [-0.25, -0.2) is 4.79 Å². The molecule has 0 fully saturated rings. The minimum atomic E-state index is -1.67. The van der Waals surface area contributed by atoms with E-state index in [1.165, 1.54) is 6.92 Å². The fourth-order valence-electron chi connectivity index (χ4n) is 2.25. The number of carboxylic acids is 1. The number of hydrogen-bond donors (Lipinski definition) is 5. The number of nitrogens with zero attached hydrogens (tertiary/aromatic N) is 3. The van der Waals surface area contributed by atoms with E-state index in [-0.39, 0.29) is 6.54 Å². The quantitative estimate of drug-likeness (QED) is 0.213. The largest absolute Gasteiger partial charge is 0.478 e. The third kappa shape index (κ3) is 4.83. The number of ether oxygens (including phenoxy) is 1. The monoisotopic (exact) mass is 330 g/mol. The molecule has 128 valence electrons. The van der Waals surface area contributed by atoms with Gasteiger partial charge in [0.2, 0.25) is 11.7 Å². The molecule has 1 rings (SSSR count). The summed E-state index contributed by atoms with van der Waals surface area (Å²) in [5, 5.41) is 43.5. The molecule has 0 saturated carbocycles. The molecule has 1 aliphatic heterocycles. The Morgan fingerprint density at radius 2 is 2.17 bits per heavy atom. The van der Waals surface area contributed by atoms with E-state index >= 15 is 0 Å². The summed E-state index contributed by atoms with van der Waals surface area (Å²) in [4.78, 5) is 25.1. The lowest BCUT2D eigenvalue weighted by atomic mass is 9.87. The van der Waals surface area contributed by atoms with Crippen molar-refractivity contribution >= 4 is 11.9 Å². The fourth-order valence-corrected chi connectivity index (χ4v) is 2.25. The summed E-state index contributed by atoms with van der Waals surface area (Å²) in [6.07, 6.45) is -3.47. The third-order valence-corrected chi connectivity index (χ3v) is 3.30. The van der Waals surface area contributed by atoms with Gasteiger partial charge in [-0.05, 0) is 11.6 Å². The van der Waals surface area contributed by atoms with Gasteiger partial charge in [-0.15, -0.1) is 0 Å². The van der Waals surface area contributed by atoms with E-state index in [2.05, 4.69) is 15.3 Å². The number of aliphatic carboxylic acids is 1. The minimum absolute atomic E-state index is 0.194. The van der Waals surface area contributed by atoms with Gasteiger partial charge in [-0.2, -0.15) is 0 Å². The van der Waals surface area contributed by atoms with E-state index in [1.54, 1.807) is 0 Å². The summed E-state index contributed by atoms with van der Waals surface area (Å²) in [6, 6.07) is -0.961. The molecule has 0 aromatic carbocycles. The first kappa shape index (κ1) is 18.7. The number of azide groups is 1. The third-order valence-electron chi connectivity index (χ3n) is 3.30. The molecule has 0 unspecified atom stereocenters. The first-order valence-electron chi connectivity index (χ1n) is 6.68. The van der Waals surface area contributed by atoms with Crippen molar-refractivity contribution in [2.45, 2.75) is 31.3 Å². The van der Waals surface area contributed by atoms with Crippen molar-refractivity contribution < 1.29 is 34.8 Å². The summed E-state index contributed by atoms with van der Waals surface area (Å²) < 4.78 is 5.15. The van der Waals surface area contributed by atoms with E-state index in [9.17, 15) is 19.8 Å². The van der Waals surface area contributed by atoms with Crippen LogP contribution in [0.4, 0.5) is 0 Å². The van der Waals surface area contributed by atoms with Crippen LogP contribution in [-0.2, 0) is 14.3 Å². The van der Waals surface area contributed by atoms with Crippen LogP contribution < -0.4 is 5.32 Å². The maximum Gasteiger partial charge on any atom is 0.370 e. The Morgan fingerprint density at radius 3 is 2.65 bits per heavy atom. The predicted molar refractivity (Wildman–Crippen MR) is 74.8 cm³/mol. The van der Waals surface area contributed by atoms with Crippen molar-refractivity contribution in [2.24, 2.45) is 11.0 Å². The molecule has 0 bridgehead atoms. The van der Waals surface area contributed by atoms with Crippen molar-refractivity contribution in [3.8, 4) is 0 Å². The number of amides is 1. The molecule has 11 nitrogen and oxygen atoms in total. The van der Waals surface area contributed by atoms with E-state index < -0.39 is 54.5 Å². The van der Waals surface area contributed by atoms with Gasteiger partial charge in [0.05, 0.1) is 12.6 Å². The Kier molecular flexibility index (Phi) is 6.79. The van der Waals surface area contributed by atoms with Gasteiger partial charge in [-0.3, -0.25) is 4.79 Å². The van der Waals surface area contributed by atoms with Gasteiger partial charge in [0.25, 0.3) is 0 Å². The minimum Gasteiger partial charge on any atom is -0.478 e. The lowest BCUT2D eigenvalue weighted by Crippen LogP contribution is -2.58. The normalized spacial score (nSPS) is 26.1. The van der Waals surface area contributed by atoms with E-state index in [4.69, 9.17) is 20.5 Å². The molecule has 1 aliphatic rings. The van der Waals surface area contributed by atoms with Crippen LogP contribution >= 0.6 is 0 Å². The number of nitrogens with one attached hydrogen (secondary N) is 1. The first-order chi connectivity index (χ1) is 10.8. The molecule has 0 aromatic heterocycles. The summed E-state index contributed by atoms with van der Waals surface area (Å²) in [7, 11) is 0. The number of aliphatic hydroxyl groups is 3. The van der Waals surface area contributed by atoms with E-state index in [0.29, 0.717) is 0 Å². The van der Waals surface area contributed by atoms with Crippen molar-refractivity contribution in [1.82, 2.24) is 5.32 Å². The summed E-state index contributed by atoms with van der Waals surface area (Å²) in [5.41, 5.74) is 8.42. The van der Waals surface area contributed by atoms with Crippen LogP contribution in [-0.4, -0.2) is 69.8 Å². The van der Waals surface area contributed by atoms with Crippen LogP contribution in [0.5, 0.6) is 0 Å². The highest BCUT2D eigenvalue weighted by atomic mass is 16.5. The molecular weight excluding hydrogens is 312 g/mol. The second-order valence-corrected chi connectivity index (χ2v) is 4.96. The van der Waals surface area contributed by atoms with Crippen LogP contribution in [0.15, 0.2) is 16.9 Å². The molecule has 0 aromatic rings. The Labute approximate surface area is 130 Å². The molecule has 5 N–H and O–H groups in total. The zero-order chi connectivity index (χ0) is 17.6. The Balaban J connectivity index is 3.21. The molecule has 0 radical (unpaired) electrons. The maximum atomic E-state index is 11.4. The summed E-state index contributed by atoms with van der Waals surface area (Å²) in [6.45, 7) is 0.216. The molecule has 5 atom stereocenters. The number of hydrogen-bond acceptors (Lipinski definition) is 7. The zero-order valence-corrected chi connectivity index (χ0v) is 12.2. The first-order valence-corrected chi connectivity index (χ1v) is 6.68. The van der Waals surface area contributed by atoms with Gasteiger partial charge in [0, 0.05) is 24.3 Å². The molecular formula is C12H18N4O7. The van der Waals surface area contributed by atoms with Crippen LogP contribution in [0.25, 0.3) is 10.4 Å². The van der Waals surface area contributed by atoms with Crippen molar-refractivity contribution in [3.63, 3.8) is 0 Å². The second-order valence-electron chi connectivity index (χ2n) is 4.96. The van der Waals surface area contributed by atoms with Crippen molar-refractivity contribution in [2.75, 3.05) is 13.2 Å². The van der Waals surface area contributed by atoms with Gasteiger partial charge in [-0.1, -0.05) is 5.11 Å². The average Bonchev–Trinajstić information content (AvgIpc) is 2.51. The number of rotatable bonds is 7. The molecule has 0 aliphatic carbocycles. The Bertz CT molecular complexity index is 532. The van der Waals surface area contributed by atoms with Gasteiger partial charge < -0.3 is 30.5 Å². The molecule has 0 spiro atoms. The van der Waals surface area contributed by atoms with Gasteiger partial charge in [0.15, 0.2) is 0 Å². The van der Waals surface area contributed by atoms with Gasteiger partial charge >= 0.3 is 5.97 Å². The van der Waals surface area contributed by atoms with Gasteiger partial charge in [0.1, 0.15) is 18.3 Å². The topological polar surface area (TPSA) is 185 Å².